The van der Waals surface area contributed by atoms with Gasteiger partial charge in [-0.25, -0.2) is 4.39 Å². The van der Waals surface area contributed by atoms with Gasteiger partial charge in [-0.2, -0.15) is 0 Å². The molecular weight excluding hydrogens is 225 g/mol. The smallest absolute Gasteiger partial charge is 0.146 e. The van der Waals surface area contributed by atoms with Crippen molar-refractivity contribution in [1.29, 1.82) is 0 Å². The molecule has 0 unspecified atom stereocenters. The van der Waals surface area contributed by atoms with Gasteiger partial charge in [-0.3, -0.25) is 0 Å². The molecule has 0 radical (unpaired) electrons. The summed E-state index contributed by atoms with van der Waals surface area (Å²) in [5.41, 5.74) is 0.629. The number of allylic oxidation sites excluding steroid dienone is 5. The van der Waals surface area contributed by atoms with Crippen LogP contribution in [0.5, 0.6) is 0 Å². The van der Waals surface area contributed by atoms with Crippen LogP contribution in [0.15, 0.2) is 39.8 Å². The molecular formula is C8H7BrFNO. The highest BCUT2D eigenvalue weighted by Gasteiger charge is 2.15. The number of nitrogens with zero attached hydrogens (tertiary/aromatic N) is 1. The van der Waals surface area contributed by atoms with E-state index in [4.69, 9.17) is 0 Å². The first-order valence-electron chi connectivity index (χ1n) is 3.21. The van der Waals surface area contributed by atoms with E-state index in [1.807, 2.05) is 0 Å². The van der Waals surface area contributed by atoms with Gasteiger partial charge in [0.25, 0.3) is 0 Å². The molecule has 0 amide bonds. The minimum Gasteiger partial charge on any atom is -0.399 e. The lowest BCUT2D eigenvalue weighted by atomic mass is 10.1. The van der Waals surface area contributed by atoms with Gasteiger partial charge < -0.3 is 4.84 Å². The van der Waals surface area contributed by atoms with Gasteiger partial charge in [-0.15, -0.1) is 0 Å². The summed E-state index contributed by atoms with van der Waals surface area (Å²) in [7, 11) is 1.40. The Labute approximate surface area is 78.2 Å². The zero-order chi connectivity index (χ0) is 9.14. The highest BCUT2D eigenvalue weighted by Crippen LogP contribution is 2.26. The second-order valence-electron chi connectivity index (χ2n) is 2.13. The van der Waals surface area contributed by atoms with Crippen LogP contribution < -0.4 is 0 Å². The molecule has 4 heteroatoms. The molecule has 0 N–H and O–H groups in total. The van der Waals surface area contributed by atoms with Gasteiger partial charge in [0.2, 0.25) is 0 Å². The summed E-state index contributed by atoms with van der Waals surface area (Å²) in [5, 5.41) is 3.58. The number of halogens is 2. The van der Waals surface area contributed by atoms with Crippen molar-refractivity contribution in [2.75, 3.05) is 7.11 Å². The lowest BCUT2D eigenvalue weighted by Gasteiger charge is -2.08. The van der Waals surface area contributed by atoms with E-state index >= 15 is 0 Å². The van der Waals surface area contributed by atoms with Crippen LogP contribution in [0, 0.1) is 0 Å². The Morgan fingerprint density at radius 3 is 2.83 bits per heavy atom. The van der Waals surface area contributed by atoms with Gasteiger partial charge in [0.05, 0.1) is 4.48 Å². The van der Waals surface area contributed by atoms with Crippen molar-refractivity contribution < 1.29 is 9.23 Å². The minimum atomic E-state index is -0.409. The quantitative estimate of drug-likeness (QED) is 0.637. The van der Waals surface area contributed by atoms with Crippen molar-refractivity contribution in [3.05, 3.63) is 34.6 Å². The minimum absolute atomic E-state index is 0.228. The van der Waals surface area contributed by atoms with E-state index in [0.717, 1.165) is 0 Å². The molecule has 2 nitrogen and oxygen atoms in total. The predicted molar refractivity (Wildman–Crippen MR) is 49.8 cm³/mol. The Hall–Kier alpha value is -0.900. The van der Waals surface area contributed by atoms with Crippen molar-refractivity contribution in [1.82, 2.24) is 0 Å². The number of rotatable bonds is 1. The largest absolute Gasteiger partial charge is 0.399 e. The summed E-state index contributed by atoms with van der Waals surface area (Å²) in [6, 6.07) is 0. The highest BCUT2D eigenvalue weighted by atomic mass is 79.9. The Bertz CT molecular complexity index is 304. The lowest BCUT2D eigenvalue weighted by molar-refractivity contribution is 0.214. The molecule has 0 fully saturated rings. The SMILES string of the molecule is C=C1C(F)=C(Br)C=C/C1=N/OC. The van der Waals surface area contributed by atoms with E-state index in [1.165, 1.54) is 7.11 Å². The number of hydrogen-bond acceptors (Lipinski definition) is 2. The third-order valence-corrected chi connectivity index (χ3v) is 1.97. The normalized spacial score (nSPS) is 20.6. The van der Waals surface area contributed by atoms with E-state index < -0.39 is 5.83 Å². The lowest BCUT2D eigenvalue weighted by Crippen LogP contribution is -2.04. The number of hydrogen-bond donors (Lipinski definition) is 0. The third-order valence-electron chi connectivity index (χ3n) is 1.36. The predicted octanol–water partition coefficient (Wildman–Crippen LogP) is 2.69. The fourth-order valence-electron chi connectivity index (χ4n) is 0.766. The number of oxime groups is 1. The fraction of sp³-hybridized carbons (Fsp3) is 0.125. The summed E-state index contributed by atoms with van der Waals surface area (Å²) < 4.78 is 13.5. The Morgan fingerprint density at radius 1 is 1.58 bits per heavy atom. The zero-order valence-electron chi connectivity index (χ0n) is 6.47. The monoisotopic (exact) mass is 231 g/mol. The first-order chi connectivity index (χ1) is 5.66. The van der Waals surface area contributed by atoms with Crippen LogP contribution in [0.25, 0.3) is 0 Å². The zero-order valence-corrected chi connectivity index (χ0v) is 8.06. The highest BCUT2D eigenvalue weighted by molar-refractivity contribution is 9.11. The van der Waals surface area contributed by atoms with Crippen LogP contribution >= 0.6 is 15.9 Å². The molecule has 0 aromatic rings. The van der Waals surface area contributed by atoms with Crippen LogP contribution in [0.4, 0.5) is 4.39 Å². The summed E-state index contributed by atoms with van der Waals surface area (Å²) in [6.07, 6.45) is 3.18. The van der Waals surface area contributed by atoms with E-state index in [0.29, 0.717) is 10.2 Å². The van der Waals surface area contributed by atoms with Gasteiger partial charge in [0.1, 0.15) is 18.6 Å². The second-order valence-corrected chi connectivity index (χ2v) is 2.99. The molecule has 0 bridgehead atoms. The summed E-state index contributed by atoms with van der Waals surface area (Å²) in [5.74, 6) is -0.409. The van der Waals surface area contributed by atoms with Gasteiger partial charge in [0.15, 0.2) is 0 Å². The van der Waals surface area contributed by atoms with Crippen LogP contribution in [0.3, 0.4) is 0 Å². The van der Waals surface area contributed by atoms with Crippen LogP contribution in [0.1, 0.15) is 0 Å². The maximum absolute atomic E-state index is 13.1. The molecule has 0 saturated carbocycles. The topological polar surface area (TPSA) is 21.6 Å². The molecule has 0 aromatic carbocycles. The van der Waals surface area contributed by atoms with Crippen molar-refractivity contribution in [2.24, 2.45) is 5.16 Å². The maximum atomic E-state index is 13.1. The van der Waals surface area contributed by atoms with E-state index in [1.54, 1.807) is 12.2 Å². The van der Waals surface area contributed by atoms with Gasteiger partial charge >= 0.3 is 0 Å². The Kier molecular flexibility index (Phi) is 2.81. The molecule has 0 saturated heterocycles. The first-order valence-corrected chi connectivity index (χ1v) is 4.00. The first kappa shape index (κ1) is 9.19. The van der Waals surface area contributed by atoms with E-state index in [9.17, 15) is 4.39 Å². The van der Waals surface area contributed by atoms with Crippen molar-refractivity contribution >= 4 is 21.6 Å². The molecule has 0 heterocycles. The molecule has 64 valence electrons. The third kappa shape index (κ3) is 1.64. The van der Waals surface area contributed by atoms with Gasteiger partial charge in [0, 0.05) is 5.57 Å². The average Bonchev–Trinajstić information content (AvgIpc) is 2.07. The summed E-state index contributed by atoms with van der Waals surface area (Å²) in [6.45, 7) is 3.52. The second kappa shape index (κ2) is 3.67. The molecule has 1 aliphatic carbocycles. The van der Waals surface area contributed by atoms with Crippen molar-refractivity contribution in [2.45, 2.75) is 0 Å². The molecule has 12 heavy (non-hydrogen) atoms. The summed E-state index contributed by atoms with van der Waals surface area (Å²) in [4.78, 5) is 4.51. The van der Waals surface area contributed by atoms with Gasteiger partial charge in [-0.1, -0.05) is 11.7 Å². The Morgan fingerprint density at radius 2 is 2.25 bits per heavy atom. The van der Waals surface area contributed by atoms with Gasteiger partial charge in [-0.05, 0) is 28.1 Å². The molecule has 0 aromatic heterocycles. The van der Waals surface area contributed by atoms with E-state index in [-0.39, 0.29) is 5.57 Å². The van der Waals surface area contributed by atoms with Crippen LogP contribution in [0.2, 0.25) is 0 Å². The molecule has 0 aliphatic heterocycles. The molecule has 1 rings (SSSR count). The van der Waals surface area contributed by atoms with Crippen molar-refractivity contribution in [3.8, 4) is 0 Å². The molecule has 0 spiro atoms. The van der Waals surface area contributed by atoms with E-state index in [2.05, 4.69) is 32.5 Å². The average molecular weight is 232 g/mol. The van der Waals surface area contributed by atoms with Crippen molar-refractivity contribution in [3.63, 3.8) is 0 Å². The Balaban J connectivity index is 3.01. The molecule has 0 atom stereocenters. The van der Waals surface area contributed by atoms with Crippen LogP contribution in [-0.4, -0.2) is 12.8 Å². The van der Waals surface area contributed by atoms with Crippen LogP contribution in [-0.2, 0) is 4.84 Å². The molecule has 1 aliphatic rings. The fourth-order valence-corrected chi connectivity index (χ4v) is 1.14. The summed E-state index contributed by atoms with van der Waals surface area (Å²) >= 11 is 3.03. The maximum Gasteiger partial charge on any atom is 0.146 e. The standard InChI is InChI=1S/C8H7BrFNO/c1-5-7(11-12-2)4-3-6(9)8(5)10/h3-4H,1H2,2H3/b11-7-.